The Balaban J connectivity index is 1.81. The van der Waals surface area contributed by atoms with Gasteiger partial charge >= 0.3 is 0 Å². The van der Waals surface area contributed by atoms with Gasteiger partial charge in [-0.3, -0.25) is 9.59 Å². The highest BCUT2D eigenvalue weighted by Crippen LogP contribution is 2.29. The molecule has 3 rings (SSSR count). The Kier molecular flexibility index (Phi) is 4.80. The highest BCUT2D eigenvalue weighted by molar-refractivity contribution is 7.13. The molecule has 3 aromatic rings. The molecule has 0 spiro atoms. The molecule has 1 aromatic carbocycles. The van der Waals surface area contributed by atoms with Crippen LogP contribution < -0.4 is 15.4 Å². The zero-order chi connectivity index (χ0) is 17.8. The van der Waals surface area contributed by atoms with Crippen LogP contribution in [0.5, 0.6) is 5.75 Å². The van der Waals surface area contributed by atoms with Crippen molar-refractivity contribution in [3.05, 3.63) is 47.5 Å². The number of aromatic nitrogens is 1. The molecule has 0 atom stereocenters. The number of ether oxygens (including phenoxy) is 1. The number of thiophene rings is 1. The lowest BCUT2D eigenvalue weighted by Crippen LogP contribution is -2.13. The molecule has 2 N–H and O–H groups in total. The minimum absolute atomic E-state index is 0.149. The van der Waals surface area contributed by atoms with Crippen LogP contribution in [-0.4, -0.2) is 24.1 Å². The van der Waals surface area contributed by atoms with Gasteiger partial charge in [0, 0.05) is 18.7 Å². The quantitative estimate of drug-likeness (QED) is 0.727. The summed E-state index contributed by atoms with van der Waals surface area (Å²) < 4.78 is 10.4. The number of amides is 2. The van der Waals surface area contributed by atoms with Crippen LogP contribution in [0.15, 0.2) is 46.3 Å². The third kappa shape index (κ3) is 3.86. The fraction of sp³-hybridized carbons (Fsp3) is 0.118. The van der Waals surface area contributed by atoms with Crippen LogP contribution in [0.4, 0.5) is 11.4 Å². The van der Waals surface area contributed by atoms with Crippen LogP contribution in [0.1, 0.15) is 17.4 Å². The third-order valence-electron chi connectivity index (χ3n) is 3.27. The van der Waals surface area contributed by atoms with Gasteiger partial charge in [0.15, 0.2) is 11.5 Å². The summed E-state index contributed by atoms with van der Waals surface area (Å²) in [6.45, 7) is 1.41. The van der Waals surface area contributed by atoms with E-state index in [4.69, 9.17) is 9.26 Å². The Morgan fingerprint density at radius 2 is 2.04 bits per heavy atom. The molecule has 0 saturated heterocycles. The molecular formula is C17H15N3O4S. The molecule has 2 heterocycles. The van der Waals surface area contributed by atoms with Crippen molar-refractivity contribution in [3.8, 4) is 16.4 Å². The van der Waals surface area contributed by atoms with Gasteiger partial charge < -0.3 is 19.9 Å². The lowest BCUT2D eigenvalue weighted by molar-refractivity contribution is -0.114. The number of methoxy groups -OCH3 is 1. The molecule has 0 aliphatic rings. The van der Waals surface area contributed by atoms with E-state index < -0.39 is 5.91 Å². The first-order chi connectivity index (χ1) is 12.1. The molecule has 0 radical (unpaired) electrons. The van der Waals surface area contributed by atoms with Crippen LogP contribution in [-0.2, 0) is 4.79 Å². The molecule has 0 aliphatic carbocycles. The average molecular weight is 357 g/mol. The van der Waals surface area contributed by atoms with E-state index in [1.165, 1.54) is 25.4 Å². The zero-order valence-electron chi connectivity index (χ0n) is 13.5. The molecule has 0 fully saturated rings. The van der Waals surface area contributed by atoms with Gasteiger partial charge in [-0.15, -0.1) is 11.3 Å². The van der Waals surface area contributed by atoms with E-state index in [0.29, 0.717) is 22.9 Å². The van der Waals surface area contributed by atoms with Crippen molar-refractivity contribution in [2.45, 2.75) is 6.92 Å². The van der Waals surface area contributed by atoms with Crippen molar-refractivity contribution < 1.29 is 18.8 Å². The van der Waals surface area contributed by atoms with Gasteiger partial charge in [-0.05, 0) is 29.6 Å². The monoisotopic (exact) mass is 357 g/mol. The zero-order valence-corrected chi connectivity index (χ0v) is 14.3. The van der Waals surface area contributed by atoms with Gasteiger partial charge in [-0.25, -0.2) is 0 Å². The lowest BCUT2D eigenvalue weighted by atomic mass is 10.2. The van der Waals surface area contributed by atoms with Crippen LogP contribution >= 0.6 is 11.3 Å². The van der Waals surface area contributed by atoms with Crippen molar-refractivity contribution in [1.29, 1.82) is 0 Å². The molecule has 0 aliphatic heterocycles. The Morgan fingerprint density at radius 3 is 2.72 bits per heavy atom. The maximum atomic E-state index is 12.4. The summed E-state index contributed by atoms with van der Waals surface area (Å²) in [7, 11) is 1.49. The smallest absolute Gasteiger partial charge is 0.277 e. The van der Waals surface area contributed by atoms with E-state index in [2.05, 4.69) is 15.8 Å². The number of nitrogens with zero attached hydrogens (tertiary/aromatic N) is 1. The summed E-state index contributed by atoms with van der Waals surface area (Å²) >= 11 is 1.49. The van der Waals surface area contributed by atoms with Gasteiger partial charge in [0.05, 0.1) is 17.7 Å². The number of hydrogen-bond acceptors (Lipinski definition) is 6. The summed E-state index contributed by atoms with van der Waals surface area (Å²) in [6, 6.07) is 10.3. The highest BCUT2D eigenvalue weighted by atomic mass is 32.1. The van der Waals surface area contributed by atoms with Crippen molar-refractivity contribution >= 4 is 34.5 Å². The van der Waals surface area contributed by atoms with Crippen molar-refractivity contribution in [3.63, 3.8) is 0 Å². The molecule has 0 unspecified atom stereocenters. The van der Waals surface area contributed by atoms with E-state index in [1.807, 2.05) is 17.5 Å². The number of rotatable bonds is 5. The van der Waals surface area contributed by atoms with Gasteiger partial charge in [-0.2, -0.15) is 0 Å². The summed E-state index contributed by atoms with van der Waals surface area (Å²) in [4.78, 5) is 24.5. The SMILES string of the molecule is COc1ccc(NC(C)=O)cc1NC(=O)c1cc(-c2cccs2)on1. The van der Waals surface area contributed by atoms with E-state index in [-0.39, 0.29) is 11.6 Å². The molecule has 7 nitrogen and oxygen atoms in total. The minimum atomic E-state index is -0.440. The van der Waals surface area contributed by atoms with Crippen molar-refractivity contribution in [2.75, 3.05) is 17.7 Å². The first-order valence-electron chi connectivity index (χ1n) is 7.34. The van der Waals surface area contributed by atoms with Crippen LogP contribution in [0.2, 0.25) is 0 Å². The lowest BCUT2D eigenvalue weighted by Gasteiger charge is -2.11. The molecule has 0 bridgehead atoms. The van der Waals surface area contributed by atoms with Gasteiger partial charge in [-0.1, -0.05) is 11.2 Å². The number of carbonyl (C=O) groups is 2. The fourth-order valence-electron chi connectivity index (χ4n) is 2.19. The normalized spacial score (nSPS) is 10.3. The number of anilines is 2. The third-order valence-corrected chi connectivity index (χ3v) is 4.16. The summed E-state index contributed by atoms with van der Waals surface area (Å²) in [5.41, 5.74) is 1.11. The molecule has 8 heteroatoms. The topological polar surface area (TPSA) is 93.5 Å². The minimum Gasteiger partial charge on any atom is -0.495 e. The van der Waals surface area contributed by atoms with Crippen molar-refractivity contribution in [1.82, 2.24) is 5.16 Å². The van der Waals surface area contributed by atoms with Gasteiger partial charge in [0.25, 0.3) is 5.91 Å². The Morgan fingerprint density at radius 1 is 1.20 bits per heavy atom. The number of carbonyl (C=O) groups excluding carboxylic acids is 2. The van der Waals surface area contributed by atoms with E-state index in [1.54, 1.807) is 24.3 Å². The van der Waals surface area contributed by atoms with Crippen LogP contribution in [0, 0.1) is 0 Å². The van der Waals surface area contributed by atoms with E-state index in [9.17, 15) is 9.59 Å². The predicted octanol–water partition coefficient (Wildman–Crippen LogP) is 3.62. The largest absolute Gasteiger partial charge is 0.495 e. The Hall–Kier alpha value is -3.13. The molecule has 25 heavy (non-hydrogen) atoms. The Labute approximate surface area is 147 Å². The number of benzene rings is 1. The second-order valence-electron chi connectivity index (χ2n) is 5.10. The standard InChI is InChI=1S/C17H15N3O4S/c1-10(21)18-11-5-6-14(23-2)12(8-11)19-17(22)13-9-15(24-20-13)16-4-3-7-25-16/h3-9H,1-2H3,(H,18,21)(H,19,22). The van der Waals surface area contributed by atoms with Crippen LogP contribution in [0.25, 0.3) is 10.6 Å². The molecule has 2 amide bonds. The van der Waals surface area contributed by atoms with Crippen molar-refractivity contribution in [2.24, 2.45) is 0 Å². The molecule has 128 valence electrons. The summed E-state index contributed by atoms with van der Waals surface area (Å²) in [6.07, 6.45) is 0. The van der Waals surface area contributed by atoms with Crippen LogP contribution in [0.3, 0.4) is 0 Å². The first kappa shape index (κ1) is 16.7. The predicted molar refractivity (Wildman–Crippen MR) is 95.1 cm³/mol. The van der Waals surface area contributed by atoms with Gasteiger partial charge in [0.2, 0.25) is 5.91 Å². The first-order valence-corrected chi connectivity index (χ1v) is 8.22. The molecule has 0 saturated carbocycles. The maximum absolute atomic E-state index is 12.4. The fourth-order valence-corrected chi connectivity index (χ4v) is 2.86. The highest BCUT2D eigenvalue weighted by Gasteiger charge is 2.16. The second kappa shape index (κ2) is 7.18. The van der Waals surface area contributed by atoms with E-state index >= 15 is 0 Å². The maximum Gasteiger partial charge on any atom is 0.277 e. The average Bonchev–Trinajstić information content (AvgIpc) is 3.26. The molecule has 2 aromatic heterocycles. The second-order valence-corrected chi connectivity index (χ2v) is 6.05. The number of nitrogens with one attached hydrogen (secondary N) is 2. The summed E-state index contributed by atoms with van der Waals surface area (Å²) in [5, 5.41) is 11.1. The number of hydrogen-bond donors (Lipinski definition) is 2. The molecular weight excluding hydrogens is 342 g/mol. The summed E-state index contributed by atoms with van der Waals surface area (Å²) in [5.74, 6) is 0.341. The Bertz CT molecular complexity index is 903. The van der Waals surface area contributed by atoms with Gasteiger partial charge in [0.1, 0.15) is 5.75 Å². The van der Waals surface area contributed by atoms with E-state index in [0.717, 1.165) is 4.88 Å².